The molecule has 37 heavy (non-hydrogen) atoms. The molecule has 1 aromatic rings. The van der Waals surface area contributed by atoms with Crippen LogP contribution >= 0.6 is 0 Å². The van der Waals surface area contributed by atoms with E-state index < -0.39 is 29.9 Å². The molecule has 9 nitrogen and oxygen atoms in total. The molecule has 2 fully saturated rings. The van der Waals surface area contributed by atoms with Crippen molar-refractivity contribution >= 4 is 17.8 Å². The van der Waals surface area contributed by atoms with Crippen molar-refractivity contribution in [3.05, 3.63) is 23.8 Å². The molecule has 2 amide bonds. The van der Waals surface area contributed by atoms with Crippen molar-refractivity contribution in [1.82, 2.24) is 10.2 Å². The van der Waals surface area contributed by atoms with E-state index in [0.717, 1.165) is 19.3 Å². The smallest absolute Gasteiger partial charge is 0.329 e. The highest BCUT2D eigenvalue weighted by molar-refractivity contribution is 5.90. The van der Waals surface area contributed by atoms with Crippen molar-refractivity contribution in [2.45, 2.75) is 91.4 Å². The molecule has 9 heteroatoms. The van der Waals surface area contributed by atoms with Crippen molar-refractivity contribution < 1.29 is 34.4 Å². The van der Waals surface area contributed by atoms with E-state index in [2.05, 4.69) is 33.0 Å². The van der Waals surface area contributed by atoms with E-state index in [9.17, 15) is 29.7 Å². The van der Waals surface area contributed by atoms with Crippen LogP contribution in [0.4, 0.5) is 0 Å². The van der Waals surface area contributed by atoms with Gasteiger partial charge in [0, 0.05) is 13.0 Å². The molecule has 1 aliphatic heterocycles. The molecule has 4 N–H and O–H groups in total. The summed E-state index contributed by atoms with van der Waals surface area (Å²) in [7, 11) is 0. The summed E-state index contributed by atoms with van der Waals surface area (Å²) in [5, 5.41) is 31.6. The second-order valence-corrected chi connectivity index (χ2v) is 11.8. The molecule has 0 bridgehead atoms. The fraction of sp³-hybridized carbons (Fsp3) is 0.679. The van der Waals surface area contributed by atoms with Crippen LogP contribution in [0.2, 0.25) is 0 Å². The van der Waals surface area contributed by atoms with Crippen LogP contribution in [0.25, 0.3) is 0 Å². The molecule has 0 radical (unpaired) electrons. The second kappa shape index (κ2) is 11.3. The third-order valence-corrected chi connectivity index (χ3v) is 8.85. The van der Waals surface area contributed by atoms with Crippen molar-refractivity contribution in [3.63, 3.8) is 0 Å². The fourth-order valence-corrected chi connectivity index (χ4v) is 5.61. The maximum Gasteiger partial charge on any atom is 0.329 e. The average Bonchev–Trinajstić information content (AvgIpc) is 3.38. The van der Waals surface area contributed by atoms with Crippen LogP contribution in [0.15, 0.2) is 18.2 Å². The molecule has 1 aromatic carbocycles. The summed E-state index contributed by atoms with van der Waals surface area (Å²) in [4.78, 5) is 39.5. The minimum absolute atomic E-state index is 0.0978. The first kappa shape index (κ1) is 28.8. The number of amides is 2. The van der Waals surface area contributed by atoms with Crippen LogP contribution in [-0.4, -0.2) is 69.3 Å². The Hall–Kier alpha value is -2.81. The minimum atomic E-state index is -1.44. The van der Waals surface area contributed by atoms with E-state index in [1.807, 2.05) is 6.92 Å². The third kappa shape index (κ3) is 6.55. The van der Waals surface area contributed by atoms with Crippen LogP contribution in [-0.2, 0) is 25.5 Å². The molecular formula is C28H42N2O7. The predicted octanol–water partition coefficient (Wildman–Crippen LogP) is 2.89. The van der Waals surface area contributed by atoms with Gasteiger partial charge in [-0.25, -0.2) is 4.79 Å². The topological polar surface area (TPSA) is 136 Å². The number of carbonyl (C=O) groups excluding carboxylic acids is 3. The maximum absolute atomic E-state index is 13.0. The SMILES string of the molecule is CC(CC1CCC(C)(C)C1(C)C)OC(=O)[C@@H]1CCCN1C(=O)CNC(=O)[C@H](O)Cc1ccc(O)c(O)c1. The first-order chi connectivity index (χ1) is 17.2. The van der Waals surface area contributed by atoms with Gasteiger partial charge in [0.1, 0.15) is 12.1 Å². The van der Waals surface area contributed by atoms with E-state index in [-0.39, 0.29) is 41.4 Å². The monoisotopic (exact) mass is 518 g/mol. The summed E-state index contributed by atoms with van der Waals surface area (Å²) in [5.74, 6) is -1.75. The Labute approximate surface area is 219 Å². The molecule has 1 heterocycles. The van der Waals surface area contributed by atoms with E-state index in [1.54, 1.807) is 0 Å². The number of phenols is 2. The first-order valence-corrected chi connectivity index (χ1v) is 13.2. The van der Waals surface area contributed by atoms with Crippen LogP contribution in [0.5, 0.6) is 11.5 Å². The van der Waals surface area contributed by atoms with Crippen LogP contribution < -0.4 is 5.32 Å². The maximum atomic E-state index is 13.0. The first-order valence-electron chi connectivity index (χ1n) is 13.2. The van der Waals surface area contributed by atoms with Gasteiger partial charge in [0.05, 0.1) is 12.6 Å². The Kier molecular flexibility index (Phi) is 8.78. The normalized spacial score (nSPS) is 23.9. The van der Waals surface area contributed by atoms with Gasteiger partial charge in [0.15, 0.2) is 11.5 Å². The van der Waals surface area contributed by atoms with Gasteiger partial charge in [-0.1, -0.05) is 33.8 Å². The standard InChI is InChI=1S/C28H42N2O7/c1-17(13-19-10-11-27(2,3)28(19,4)5)37-26(36)20-7-6-12-30(20)24(34)16-29-25(35)23(33)15-18-8-9-21(31)22(32)14-18/h8-9,14,17,19-20,23,31-33H,6-7,10-13,15-16H2,1-5H3,(H,29,35)/t17?,19?,20-,23+/m0/s1. The van der Waals surface area contributed by atoms with Crippen molar-refractivity contribution in [2.75, 3.05) is 13.1 Å². The summed E-state index contributed by atoms with van der Waals surface area (Å²) in [6, 6.07) is 3.33. The average molecular weight is 519 g/mol. The molecule has 1 saturated carbocycles. The van der Waals surface area contributed by atoms with Gasteiger partial charge in [-0.15, -0.1) is 0 Å². The molecule has 1 aliphatic carbocycles. The summed E-state index contributed by atoms with van der Waals surface area (Å²) in [6.07, 6.45) is 2.43. The van der Waals surface area contributed by atoms with E-state index in [1.165, 1.54) is 23.1 Å². The lowest BCUT2D eigenvalue weighted by atomic mass is 9.66. The molecule has 2 unspecified atom stereocenters. The quantitative estimate of drug-likeness (QED) is 0.291. The van der Waals surface area contributed by atoms with Gasteiger partial charge in [-0.3, -0.25) is 9.59 Å². The number of nitrogens with one attached hydrogen (secondary N) is 1. The van der Waals surface area contributed by atoms with Gasteiger partial charge < -0.3 is 30.3 Å². The number of aliphatic hydroxyl groups excluding tert-OH is 1. The summed E-state index contributed by atoms with van der Waals surface area (Å²) < 4.78 is 5.79. The molecule has 1 saturated heterocycles. The van der Waals surface area contributed by atoms with Crippen LogP contribution in [0.1, 0.15) is 72.3 Å². The van der Waals surface area contributed by atoms with E-state index in [4.69, 9.17) is 4.74 Å². The Morgan fingerprint density at radius 1 is 1.14 bits per heavy atom. The van der Waals surface area contributed by atoms with E-state index in [0.29, 0.717) is 30.9 Å². The van der Waals surface area contributed by atoms with Gasteiger partial charge in [0.25, 0.3) is 0 Å². The number of nitrogens with zero attached hydrogens (tertiary/aromatic N) is 1. The lowest BCUT2D eigenvalue weighted by molar-refractivity contribution is -0.158. The minimum Gasteiger partial charge on any atom is -0.504 e. The second-order valence-electron chi connectivity index (χ2n) is 11.8. The number of aliphatic hydroxyl groups is 1. The Morgan fingerprint density at radius 2 is 1.84 bits per heavy atom. The summed E-state index contributed by atoms with van der Waals surface area (Å²) >= 11 is 0. The zero-order chi connectivity index (χ0) is 27.5. The number of rotatable bonds is 9. The van der Waals surface area contributed by atoms with Gasteiger partial charge >= 0.3 is 5.97 Å². The molecule has 0 spiro atoms. The lowest BCUT2D eigenvalue weighted by Gasteiger charge is -2.40. The molecule has 0 aromatic heterocycles. The van der Waals surface area contributed by atoms with Crippen molar-refractivity contribution in [1.29, 1.82) is 0 Å². The van der Waals surface area contributed by atoms with Gasteiger partial charge in [0.2, 0.25) is 11.8 Å². The number of hydrogen-bond donors (Lipinski definition) is 4. The number of aromatic hydroxyl groups is 2. The number of likely N-dealkylation sites (tertiary alicyclic amines) is 1. The Balaban J connectivity index is 1.48. The number of hydrogen-bond acceptors (Lipinski definition) is 7. The highest BCUT2D eigenvalue weighted by Gasteiger charge is 2.48. The molecular weight excluding hydrogens is 476 g/mol. The molecule has 3 rings (SSSR count). The molecule has 4 atom stereocenters. The van der Waals surface area contributed by atoms with Crippen LogP contribution in [0, 0.1) is 16.7 Å². The number of ether oxygens (including phenoxy) is 1. The van der Waals surface area contributed by atoms with Gasteiger partial charge in [-0.05, 0) is 73.5 Å². The fourth-order valence-electron chi connectivity index (χ4n) is 5.61. The zero-order valence-corrected chi connectivity index (χ0v) is 22.6. The predicted molar refractivity (Wildman–Crippen MR) is 138 cm³/mol. The van der Waals surface area contributed by atoms with Crippen molar-refractivity contribution in [2.24, 2.45) is 16.7 Å². The molecule has 206 valence electrons. The number of phenolic OH excluding ortho intramolecular Hbond substituents is 2. The number of esters is 1. The number of carbonyl (C=O) groups is 3. The van der Waals surface area contributed by atoms with Gasteiger partial charge in [-0.2, -0.15) is 0 Å². The Morgan fingerprint density at radius 3 is 2.46 bits per heavy atom. The third-order valence-electron chi connectivity index (χ3n) is 8.85. The lowest BCUT2D eigenvalue weighted by Crippen LogP contribution is -2.48. The van der Waals surface area contributed by atoms with Crippen LogP contribution in [0.3, 0.4) is 0 Å². The summed E-state index contributed by atoms with van der Waals surface area (Å²) in [5.41, 5.74) is 0.833. The zero-order valence-electron chi connectivity index (χ0n) is 22.6. The Bertz CT molecular complexity index is 1010. The highest BCUT2D eigenvalue weighted by atomic mass is 16.5. The number of benzene rings is 1. The largest absolute Gasteiger partial charge is 0.504 e. The molecule has 2 aliphatic rings. The highest BCUT2D eigenvalue weighted by Crippen LogP contribution is 2.57. The van der Waals surface area contributed by atoms with E-state index >= 15 is 0 Å². The summed E-state index contributed by atoms with van der Waals surface area (Å²) in [6.45, 7) is 11.1. The van der Waals surface area contributed by atoms with Crippen molar-refractivity contribution in [3.8, 4) is 11.5 Å².